The number of benzene rings is 1. The van der Waals surface area contributed by atoms with Crippen molar-refractivity contribution in [1.29, 1.82) is 0 Å². The number of carbonyl (C=O) groups excluding carboxylic acids is 1. The molecule has 6 heteroatoms. The standard InChI is InChI=1S/C21H24N2O2S.ClH/c24-20(22-19-14-5-9-23(10-6-14)21(19)7-8-21)16-12-15-4-3-13-2-1-11-25-17(13)18(15)26-16;/h3-4,12,14,19H,1-2,5-11H2,(H,22,24);1H/t19-;/m1./s1. The maximum absolute atomic E-state index is 13.1. The van der Waals surface area contributed by atoms with Crippen LogP contribution in [0.15, 0.2) is 18.2 Å². The number of nitrogens with zero attached hydrogens (tertiary/aromatic N) is 1. The maximum atomic E-state index is 13.1. The molecule has 144 valence electrons. The van der Waals surface area contributed by atoms with Crippen molar-refractivity contribution >= 4 is 39.7 Å². The van der Waals surface area contributed by atoms with Crippen molar-refractivity contribution in [3.05, 3.63) is 28.6 Å². The van der Waals surface area contributed by atoms with Crippen molar-refractivity contribution < 1.29 is 9.53 Å². The van der Waals surface area contributed by atoms with Gasteiger partial charge in [0.1, 0.15) is 5.75 Å². The van der Waals surface area contributed by atoms with E-state index in [2.05, 4.69) is 28.4 Å². The van der Waals surface area contributed by atoms with E-state index in [-0.39, 0.29) is 23.9 Å². The molecule has 7 rings (SSSR count). The van der Waals surface area contributed by atoms with Crippen LogP contribution in [-0.2, 0) is 6.42 Å². The van der Waals surface area contributed by atoms with Crippen molar-refractivity contribution in [3.63, 3.8) is 0 Å². The fourth-order valence-corrected chi connectivity index (χ4v) is 6.64. The highest BCUT2D eigenvalue weighted by molar-refractivity contribution is 7.21. The first-order valence-electron chi connectivity index (χ1n) is 9.99. The van der Waals surface area contributed by atoms with Crippen molar-refractivity contribution in [3.8, 4) is 5.75 Å². The van der Waals surface area contributed by atoms with E-state index < -0.39 is 0 Å². The molecule has 5 aliphatic rings. The second kappa shape index (κ2) is 6.36. The lowest BCUT2D eigenvalue weighted by molar-refractivity contribution is -0.00138. The fraction of sp³-hybridized carbons (Fsp3) is 0.571. The molecule has 2 bridgehead atoms. The van der Waals surface area contributed by atoms with Crippen LogP contribution in [0.1, 0.15) is 47.3 Å². The predicted molar refractivity (Wildman–Crippen MR) is 110 cm³/mol. The van der Waals surface area contributed by atoms with Crippen LogP contribution in [0.4, 0.5) is 0 Å². The van der Waals surface area contributed by atoms with Gasteiger partial charge in [-0.2, -0.15) is 0 Å². The van der Waals surface area contributed by atoms with E-state index in [1.165, 1.54) is 44.3 Å². The van der Waals surface area contributed by atoms with Crippen LogP contribution in [-0.4, -0.2) is 42.1 Å². The van der Waals surface area contributed by atoms with Crippen LogP contribution in [0.3, 0.4) is 0 Å². The van der Waals surface area contributed by atoms with Gasteiger partial charge in [-0.3, -0.25) is 9.69 Å². The smallest absolute Gasteiger partial charge is 0.261 e. The molecule has 5 heterocycles. The molecule has 1 aromatic heterocycles. The topological polar surface area (TPSA) is 41.6 Å². The Bertz CT molecular complexity index is 899. The molecule has 4 fully saturated rings. The molecule has 1 aromatic carbocycles. The number of hydrogen-bond donors (Lipinski definition) is 1. The van der Waals surface area contributed by atoms with Crippen molar-refractivity contribution in [2.45, 2.75) is 50.1 Å². The normalized spacial score (nSPS) is 29.7. The van der Waals surface area contributed by atoms with Gasteiger partial charge >= 0.3 is 0 Å². The average Bonchev–Trinajstić information content (AvgIpc) is 3.33. The molecule has 4 aliphatic heterocycles. The summed E-state index contributed by atoms with van der Waals surface area (Å²) >= 11 is 1.60. The number of aryl methyl sites for hydroxylation is 1. The summed E-state index contributed by atoms with van der Waals surface area (Å²) in [6.07, 6.45) is 7.14. The van der Waals surface area contributed by atoms with Gasteiger partial charge in [0, 0.05) is 5.54 Å². The summed E-state index contributed by atoms with van der Waals surface area (Å²) in [6, 6.07) is 6.70. The first-order chi connectivity index (χ1) is 12.7. The lowest BCUT2D eigenvalue weighted by Gasteiger charge is -2.52. The molecule has 0 radical (unpaired) electrons. The number of fused-ring (bicyclic) bond motifs is 5. The molecule has 1 amide bonds. The largest absolute Gasteiger partial charge is 0.492 e. The minimum Gasteiger partial charge on any atom is -0.492 e. The summed E-state index contributed by atoms with van der Waals surface area (Å²) in [5.74, 6) is 1.79. The van der Waals surface area contributed by atoms with Gasteiger partial charge in [-0.25, -0.2) is 0 Å². The number of nitrogens with one attached hydrogen (secondary N) is 1. The molecule has 27 heavy (non-hydrogen) atoms. The maximum Gasteiger partial charge on any atom is 0.261 e. The zero-order valence-corrected chi connectivity index (χ0v) is 17.0. The van der Waals surface area contributed by atoms with Crippen molar-refractivity contribution in [2.75, 3.05) is 19.7 Å². The summed E-state index contributed by atoms with van der Waals surface area (Å²) in [6.45, 7) is 3.24. The SMILES string of the molecule is Cl.O=C(N[C@@H]1C2CCN(CC2)C12CC2)c1cc2ccc3c(c2s1)OCCC3. The highest BCUT2D eigenvalue weighted by Crippen LogP contribution is 2.53. The molecule has 3 saturated heterocycles. The monoisotopic (exact) mass is 404 g/mol. The van der Waals surface area contributed by atoms with Crippen LogP contribution in [0.2, 0.25) is 0 Å². The fourth-order valence-electron chi connectivity index (χ4n) is 5.56. The first-order valence-corrected chi connectivity index (χ1v) is 10.8. The van der Waals surface area contributed by atoms with E-state index in [1.54, 1.807) is 11.3 Å². The number of carbonyl (C=O) groups is 1. The molecule has 1 atom stereocenters. The second-order valence-electron chi connectivity index (χ2n) is 8.41. The molecular weight excluding hydrogens is 380 g/mol. The third-order valence-electron chi connectivity index (χ3n) is 7.05. The van der Waals surface area contributed by atoms with E-state index in [0.29, 0.717) is 12.0 Å². The van der Waals surface area contributed by atoms with E-state index in [9.17, 15) is 4.79 Å². The average molecular weight is 405 g/mol. The Balaban J connectivity index is 0.00000160. The Labute approximate surface area is 169 Å². The minimum absolute atomic E-state index is 0. The number of rotatable bonds is 2. The summed E-state index contributed by atoms with van der Waals surface area (Å²) < 4.78 is 7.08. The van der Waals surface area contributed by atoms with Crippen LogP contribution >= 0.6 is 23.7 Å². The molecule has 2 aromatic rings. The molecule has 1 N–H and O–H groups in total. The number of piperidine rings is 3. The van der Waals surface area contributed by atoms with Crippen LogP contribution in [0.5, 0.6) is 5.75 Å². The van der Waals surface area contributed by atoms with Gasteiger partial charge in [0.15, 0.2) is 0 Å². The summed E-state index contributed by atoms with van der Waals surface area (Å²) in [4.78, 5) is 16.6. The van der Waals surface area contributed by atoms with Crippen molar-refractivity contribution in [1.82, 2.24) is 10.2 Å². The quantitative estimate of drug-likeness (QED) is 0.822. The summed E-state index contributed by atoms with van der Waals surface area (Å²) in [5.41, 5.74) is 1.57. The van der Waals surface area contributed by atoms with Crippen molar-refractivity contribution in [2.24, 2.45) is 5.92 Å². The van der Waals surface area contributed by atoms with E-state index in [1.807, 2.05) is 0 Å². The molecule has 1 aliphatic carbocycles. The van der Waals surface area contributed by atoms with Crippen LogP contribution in [0.25, 0.3) is 10.1 Å². The lowest BCUT2D eigenvalue weighted by atomic mass is 9.77. The number of hydrogen-bond acceptors (Lipinski definition) is 4. The Hall–Kier alpha value is -1.30. The zero-order chi connectivity index (χ0) is 17.3. The number of ether oxygens (including phenoxy) is 1. The predicted octanol–water partition coefficient (Wildman–Crippen LogP) is 4.00. The van der Waals surface area contributed by atoms with Gasteiger partial charge < -0.3 is 10.1 Å². The lowest BCUT2D eigenvalue weighted by Crippen LogP contribution is -2.65. The molecule has 1 spiro atoms. The number of amides is 1. The van der Waals surface area contributed by atoms with Crippen LogP contribution < -0.4 is 10.1 Å². The zero-order valence-electron chi connectivity index (χ0n) is 15.3. The van der Waals surface area contributed by atoms with Gasteiger partial charge in [-0.05, 0) is 74.5 Å². The molecular formula is C21H25ClN2O2S. The Morgan fingerprint density at radius 2 is 2.07 bits per heavy atom. The van der Waals surface area contributed by atoms with Gasteiger partial charge in [0.25, 0.3) is 5.91 Å². The van der Waals surface area contributed by atoms with E-state index in [4.69, 9.17) is 4.74 Å². The highest BCUT2D eigenvalue weighted by atomic mass is 35.5. The molecule has 1 saturated carbocycles. The summed E-state index contributed by atoms with van der Waals surface area (Å²) in [7, 11) is 0. The molecule has 4 nitrogen and oxygen atoms in total. The third kappa shape index (κ3) is 2.62. The number of halogens is 1. The highest BCUT2D eigenvalue weighted by Gasteiger charge is 2.60. The van der Waals surface area contributed by atoms with E-state index >= 15 is 0 Å². The van der Waals surface area contributed by atoms with Gasteiger partial charge in [-0.15, -0.1) is 23.7 Å². The third-order valence-corrected chi connectivity index (χ3v) is 8.20. The summed E-state index contributed by atoms with van der Waals surface area (Å²) in [5, 5.41) is 4.58. The van der Waals surface area contributed by atoms with Gasteiger partial charge in [-0.1, -0.05) is 12.1 Å². The molecule has 0 unspecified atom stereocenters. The van der Waals surface area contributed by atoms with Crippen LogP contribution in [0, 0.1) is 5.92 Å². The van der Waals surface area contributed by atoms with Gasteiger partial charge in [0.2, 0.25) is 0 Å². The van der Waals surface area contributed by atoms with E-state index in [0.717, 1.165) is 40.2 Å². The number of thiophene rings is 1. The Kier molecular flexibility index (Phi) is 4.19. The second-order valence-corrected chi connectivity index (χ2v) is 9.47. The minimum atomic E-state index is 0. The van der Waals surface area contributed by atoms with Gasteiger partial charge in [0.05, 0.1) is 22.2 Å². The Morgan fingerprint density at radius 1 is 1.26 bits per heavy atom. The first kappa shape index (κ1) is 17.8. The Morgan fingerprint density at radius 3 is 2.85 bits per heavy atom.